The summed E-state index contributed by atoms with van der Waals surface area (Å²) in [5.74, 6) is 0. The predicted molar refractivity (Wildman–Crippen MR) is 61.9 cm³/mol. The predicted octanol–water partition coefficient (Wildman–Crippen LogP) is 0.129. The van der Waals surface area contributed by atoms with E-state index in [0.29, 0.717) is 6.54 Å². The van der Waals surface area contributed by atoms with Crippen molar-refractivity contribution in [3.05, 3.63) is 34.7 Å². The molecule has 0 aromatic carbocycles. The van der Waals surface area contributed by atoms with Crippen LogP contribution in [0.1, 0.15) is 6.92 Å². The second-order valence-electron chi connectivity index (χ2n) is 3.46. The second-order valence-corrected chi connectivity index (χ2v) is 3.46. The molecule has 0 spiro atoms. The number of nitrogens with zero attached hydrogens (tertiary/aromatic N) is 2. The Morgan fingerprint density at radius 1 is 1.40 bits per heavy atom. The van der Waals surface area contributed by atoms with Gasteiger partial charge in [-0.15, -0.1) is 0 Å². The highest BCUT2D eigenvalue weighted by molar-refractivity contribution is 4.93. The molecule has 0 saturated carbocycles. The van der Waals surface area contributed by atoms with Crippen LogP contribution in [0, 0.1) is 0 Å². The van der Waals surface area contributed by atoms with Gasteiger partial charge in [-0.1, -0.05) is 13.0 Å². The molecule has 0 bridgehead atoms. The van der Waals surface area contributed by atoms with E-state index in [4.69, 9.17) is 5.73 Å². The molecule has 0 radical (unpaired) electrons. The summed E-state index contributed by atoms with van der Waals surface area (Å²) in [5.41, 5.74) is 5.55. The lowest BCUT2D eigenvalue weighted by Gasteiger charge is -2.19. The van der Waals surface area contributed by atoms with Crippen LogP contribution in [0.2, 0.25) is 0 Å². The smallest absolute Gasteiger partial charge is 0.250 e. The summed E-state index contributed by atoms with van der Waals surface area (Å²) in [6.45, 7) is 6.23. The maximum atomic E-state index is 11.4. The molecule has 0 aliphatic heterocycles. The molecular weight excluding hydrogens is 190 g/mol. The highest BCUT2D eigenvalue weighted by Crippen LogP contribution is 1.89. The lowest BCUT2D eigenvalue weighted by atomic mass is 10.4. The largest absolute Gasteiger partial charge is 0.329 e. The number of likely N-dealkylation sites (N-methyl/N-ethyl adjacent to an activating group) is 1. The van der Waals surface area contributed by atoms with Gasteiger partial charge in [0.1, 0.15) is 0 Å². The molecule has 1 rings (SSSR count). The molecule has 0 saturated heterocycles. The normalized spacial score (nSPS) is 10.9. The number of aromatic nitrogens is 1. The van der Waals surface area contributed by atoms with Crippen molar-refractivity contribution in [2.24, 2.45) is 5.73 Å². The Hall–Kier alpha value is -1.13. The lowest BCUT2D eigenvalue weighted by Crippen LogP contribution is -2.34. The van der Waals surface area contributed by atoms with Crippen LogP contribution in [0.15, 0.2) is 29.2 Å². The molecule has 0 unspecified atom stereocenters. The third kappa shape index (κ3) is 3.85. The number of nitrogens with two attached hydrogens (primary N) is 1. The Morgan fingerprint density at radius 2 is 2.20 bits per heavy atom. The Balaban J connectivity index is 2.49. The number of hydrogen-bond donors (Lipinski definition) is 1. The maximum absolute atomic E-state index is 11.4. The van der Waals surface area contributed by atoms with Gasteiger partial charge in [-0.2, -0.15) is 0 Å². The van der Waals surface area contributed by atoms with Crippen molar-refractivity contribution in [2.75, 3.05) is 26.2 Å². The van der Waals surface area contributed by atoms with E-state index in [1.165, 1.54) is 0 Å². The van der Waals surface area contributed by atoms with Gasteiger partial charge in [0.2, 0.25) is 0 Å². The van der Waals surface area contributed by atoms with E-state index < -0.39 is 0 Å². The minimum atomic E-state index is 0.0568. The van der Waals surface area contributed by atoms with E-state index in [2.05, 4.69) is 11.8 Å². The first-order valence-corrected chi connectivity index (χ1v) is 5.35. The first kappa shape index (κ1) is 11.9. The zero-order valence-corrected chi connectivity index (χ0v) is 9.22. The van der Waals surface area contributed by atoms with Gasteiger partial charge in [0.15, 0.2) is 0 Å². The van der Waals surface area contributed by atoms with E-state index >= 15 is 0 Å². The van der Waals surface area contributed by atoms with Crippen molar-refractivity contribution in [1.82, 2.24) is 9.47 Å². The maximum Gasteiger partial charge on any atom is 0.250 e. The molecule has 0 aliphatic rings. The first-order valence-electron chi connectivity index (χ1n) is 5.35. The van der Waals surface area contributed by atoms with Crippen molar-refractivity contribution in [1.29, 1.82) is 0 Å². The van der Waals surface area contributed by atoms with Gasteiger partial charge in [-0.05, 0) is 12.6 Å². The van der Waals surface area contributed by atoms with Crippen LogP contribution < -0.4 is 11.3 Å². The molecule has 0 amide bonds. The van der Waals surface area contributed by atoms with Gasteiger partial charge >= 0.3 is 0 Å². The summed E-state index contributed by atoms with van der Waals surface area (Å²) in [4.78, 5) is 13.6. The summed E-state index contributed by atoms with van der Waals surface area (Å²) in [6, 6.07) is 5.22. The highest BCUT2D eigenvalue weighted by atomic mass is 16.1. The van der Waals surface area contributed by atoms with Gasteiger partial charge in [0.25, 0.3) is 5.56 Å². The van der Waals surface area contributed by atoms with Crippen LogP contribution >= 0.6 is 0 Å². The number of hydrogen-bond acceptors (Lipinski definition) is 3. The first-order chi connectivity index (χ1) is 7.27. The summed E-state index contributed by atoms with van der Waals surface area (Å²) in [5, 5.41) is 0. The van der Waals surface area contributed by atoms with Crippen molar-refractivity contribution in [2.45, 2.75) is 13.5 Å². The summed E-state index contributed by atoms with van der Waals surface area (Å²) < 4.78 is 1.72. The van der Waals surface area contributed by atoms with Crippen LogP contribution in [-0.2, 0) is 6.54 Å². The van der Waals surface area contributed by atoms with Gasteiger partial charge < -0.3 is 15.2 Å². The summed E-state index contributed by atoms with van der Waals surface area (Å²) in [7, 11) is 0. The van der Waals surface area contributed by atoms with Crippen molar-refractivity contribution < 1.29 is 0 Å². The average molecular weight is 209 g/mol. The highest BCUT2D eigenvalue weighted by Gasteiger charge is 2.01. The molecule has 84 valence electrons. The van der Waals surface area contributed by atoms with Gasteiger partial charge in [-0.3, -0.25) is 4.79 Å². The third-order valence-electron chi connectivity index (χ3n) is 2.45. The fourth-order valence-corrected chi connectivity index (χ4v) is 1.51. The van der Waals surface area contributed by atoms with Crippen molar-refractivity contribution >= 4 is 0 Å². The SMILES string of the molecule is CCN(CCN)CCn1ccccc1=O. The van der Waals surface area contributed by atoms with Crippen LogP contribution in [-0.4, -0.2) is 35.6 Å². The molecule has 4 heteroatoms. The van der Waals surface area contributed by atoms with Gasteiger partial charge in [0.05, 0.1) is 0 Å². The third-order valence-corrected chi connectivity index (χ3v) is 2.45. The Morgan fingerprint density at radius 3 is 2.80 bits per heavy atom. The molecule has 4 nitrogen and oxygen atoms in total. The average Bonchev–Trinajstić information content (AvgIpc) is 2.26. The quantitative estimate of drug-likeness (QED) is 0.724. The molecule has 0 aliphatic carbocycles. The number of rotatable bonds is 6. The zero-order chi connectivity index (χ0) is 11.1. The fourth-order valence-electron chi connectivity index (χ4n) is 1.51. The topological polar surface area (TPSA) is 51.3 Å². The Labute approximate surface area is 90.3 Å². The van der Waals surface area contributed by atoms with Crippen LogP contribution in [0.4, 0.5) is 0 Å². The molecule has 1 heterocycles. The lowest BCUT2D eigenvalue weighted by molar-refractivity contribution is 0.282. The monoisotopic (exact) mass is 209 g/mol. The number of pyridine rings is 1. The standard InChI is InChI=1S/C11H19N3O/c1-2-13(8-6-12)9-10-14-7-4-3-5-11(14)15/h3-5,7H,2,6,8-10,12H2,1H3. The minimum absolute atomic E-state index is 0.0568. The molecule has 0 atom stereocenters. The van der Waals surface area contributed by atoms with E-state index in [1.54, 1.807) is 16.7 Å². The van der Waals surface area contributed by atoms with Crippen molar-refractivity contribution in [3.63, 3.8) is 0 Å². The summed E-state index contributed by atoms with van der Waals surface area (Å²) in [6.07, 6.45) is 1.82. The minimum Gasteiger partial charge on any atom is -0.329 e. The van der Waals surface area contributed by atoms with E-state index in [0.717, 1.165) is 26.2 Å². The van der Waals surface area contributed by atoms with Crippen LogP contribution in [0.5, 0.6) is 0 Å². The van der Waals surface area contributed by atoms with E-state index in [1.807, 2.05) is 12.3 Å². The molecule has 2 N–H and O–H groups in total. The summed E-state index contributed by atoms with van der Waals surface area (Å²) >= 11 is 0. The molecule has 1 aromatic rings. The van der Waals surface area contributed by atoms with Gasteiger partial charge in [0, 0.05) is 38.4 Å². The van der Waals surface area contributed by atoms with Crippen LogP contribution in [0.25, 0.3) is 0 Å². The fraction of sp³-hybridized carbons (Fsp3) is 0.545. The van der Waals surface area contributed by atoms with E-state index in [9.17, 15) is 4.79 Å². The molecule has 0 fully saturated rings. The molecule has 1 aromatic heterocycles. The van der Waals surface area contributed by atoms with E-state index in [-0.39, 0.29) is 5.56 Å². The Bertz CT molecular complexity index is 335. The second kappa shape index (κ2) is 6.37. The Kier molecular flexibility index (Phi) is 5.07. The van der Waals surface area contributed by atoms with Gasteiger partial charge in [-0.25, -0.2) is 0 Å². The molecule has 15 heavy (non-hydrogen) atoms. The molecular formula is C11H19N3O. The van der Waals surface area contributed by atoms with Crippen molar-refractivity contribution in [3.8, 4) is 0 Å². The zero-order valence-electron chi connectivity index (χ0n) is 9.22. The van der Waals surface area contributed by atoms with Crippen LogP contribution in [0.3, 0.4) is 0 Å².